The average molecular weight is 239 g/mol. The number of aromatic nitrogens is 2. The summed E-state index contributed by atoms with van der Waals surface area (Å²) in [6.45, 7) is 7.58. The fraction of sp³-hybridized carbons (Fsp3) is 0.833. The second kappa shape index (κ2) is 5.23. The second-order valence-electron chi connectivity index (χ2n) is 4.97. The van der Waals surface area contributed by atoms with Crippen molar-refractivity contribution >= 4 is 11.5 Å². The molecular formula is C12H21N3S. The minimum atomic E-state index is 0.481. The summed E-state index contributed by atoms with van der Waals surface area (Å²) in [4.78, 5) is 1.36. The Bertz CT molecular complexity index is 331. The normalized spacial score (nSPS) is 18.0. The van der Waals surface area contributed by atoms with Crippen LogP contribution >= 0.6 is 11.5 Å². The van der Waals surface area contributed by atoms with Crippen molar-refractivity contribution in [2.24, 2.45) is 5.92 Å². The molecular weight excluding hydrogens is 218 g/mol. The van der Waals surface area contributed by atoms with Gasteiger partial charge in [0.05, 0.1) is 10.6 Å². The molecule has 2 rings (SSSR count). The van der Waals surface area contributed by atoms with Crippen LogP contribution in [0.5, 0.6) is 0 Å². The van der Waals surface area contributed by atoms with Crippen LogP contribution < -0.4 is 5.32 Å². The molecule has 3 nitrogen and oxygen atoms in total. The molecule has 1 atom stereocenters. The summed E-state index contributed by atoms with van der Waals surface area (Å²) in [5.41, 5.74) is 1.19. The zero-order valence-corrected chi connectivity index (χ0v) is 11.2. The highest BCUT2D eigenvalue weighted by Gasteiger charge is 2.28. The number of rotatable bonds is 6. The molecule has 1 aliphatic carbocycles. The first-order chi connectivity index (χ1) is 7.72. The molecule has 0 spiro atoms. The maximum atomic E-state index is 4.28. The van der Waals surface area contributed by atoms with Gasteiger partial charge in [-0.15, -0.1) is 5.10 Å². The van der Waals surface area contributed by atoms with Crippen molar-refractivity contribution in [2.45, 2.75) is 52.0 Å². The highest BCUT2D eigenvalue weighted by atomic mass is 32.1. The van der Waals surface area contributed by atoms with Gasteiger partial charge in [0.1, 0.15) is 0 Å². The predicted octanol–water partition coefficient (Wildman–Crippen LogP) is 3.11. The van der Waals surface area contributed by atoms with Gasteiger partial charge in [-0.3, -0.25) is 0 Å². The van der Waals surface area contributed by atoms with E-state index in [-0.39, 0.29) is 0 Å². The molecule has 1 aromatic rings. The van der Waals surface area contributed by atoms with Gasteiger partial charge >= 0.3 is 0 Å². The molecule has 1 aliphatic rings. The highest BCUT2D eigenvalue weighted by molar-refractivity contribution is 7.05. The van der Waals surface area contributed by atoms with Crippen molar-refractivity contribution in [1.82, 2.24) is 14.9 Å². The van der Waals surface area contributed by atoms with Gasteiger partial charge in [-0.25, -0.2) is 0 Å². The topological polar surface area (TPSA) is 37.8 Å². The van der Waals surface area contributed by atoms with Gasteiger partial charge in [0.25, 0.3) is 0 Å². The van der Waals surface area contributed by atoms with E-state index in [9.17, 15) is 0 Å². The van der Waals surface area contributed by atoms with Gasteiger partial charge in [0.15, 0.2) is 0 Å². The number of hydrogen-bond donors (Lipinski definition) is 1. The Morgan fingerprint density at radius 1 is 1.44 bits per heavy atom. The average Bonchev–Trinajstić information content (AvgIpc) is 2.92. The maximum Gasteiger partial charge on any atom is 0.0829 e. The minimum absolute atomic E-state index is 0.481. The van der Waals surface area contributed by atoms with Gasteiger partial charge in [0, 0.05) is 6.04 Å². The van der Waals surface area contributed by atoms with E-state index in [0.717, 1.165) is 12.5 Å². The van der Waals surface area contributed by atoms with Crippen LogP contribution in [0.4, 0.5) is 0 Å². The first-order valence-corrected chi connectivity index (χ1v) is 7.05. The van der Waals surface area contributed by atoms with E-state index in [1.807, 2.05) is 0 Å². The zero-order valence-electron chi connectivity index (χ0n) is 10.4. The van der Waals surface area contributed by atoms with Crippen LogP contribution in [0.25, 0.3) is 0 Å². The number of hydrogen-bond acceptors (Lipinski definition) is 4. The van der Waals surface area contributed by atoms with E-state index >= 15 is 0 Å². The summed E-state index contributed by atoms with van der Waals surface area (Å²) in [6.07, 6.45) is 4.08. The van der Waals surface area contributed by atoms with Crippen LogP contribution in [0.3, 0.4) is 0 Å². The number of nitrogens with zero attached hydrogens (tertiary/aromatic N) is 2. The SMILES string of the molecule is CCNC(CC1CC1)c1snnc1C(C)C. The lowest BCUT2D eigenvalue weighted by Crippen LogP contribution is -2.21. The molecule has 1 heterocycles. The Morgan fingerprint density at radius 2 is 2.19 bits per heavy atom. The molecule has 0 aliphatic heterocycles. The minimum Gasteiger partial charge on any atom is -0.309 e. The van der Waals surface area contributed by atoms with Crippen molar-refractivity contribution in [3.8, 4) is 0 Å². The van der Waals surface area contributed by atoms with Crippen molar-refractivity contribution in [1.29, 1.82) is 0 Å². The van der Waals surface area contributed by atoms with Crippen LogP contribution in [-0.2, 0) is 0 Å². The van der Waals surface area contributed by atoms with Crippen molar-refractivity contribution in [3.63, 3.8) is 0 Å². The molecule has 0 amide bonds. The fourth-order valence-electron chi connectivity index (χ4n) is 2.06. The summed E-state index contributed by atoms with van der Waals surface area (Å²) in [6, 6.07) is 0.481. The standard InChI is InChI=1S/C12H21N3S/c1-4-13-10(7-9-5-6-9)12-11(8(2)3)14-15-16-12/h8-10,13H,4-7H2,1-3H3. The van der Waals surface area contributed by atoms with Crippen LogP contribution in [0.1, 0.15) is 62.6 Å². The molecule has 1 saturated carbocycles. The lowest BCUT2D eigenvalue weighted by atomic mass is 10.0. The smallest absolute Gasteiger partial charge is 0.0829 e. The third kappa shape index (κ3) is 2.80. The highest BCUT2D eigenvalue weighted by Crippen LogP contribution is 2.39. The zero-order chi connectivity index (χ0) is 11.5. The summed E-state index contributed by atoms with van der Waals surface area (Å²) in [7, 11) is 0. The van der Waals surface area contributed by atoms with E-state index in [1.54, 1.807) is 11.5 Å². The molecule has 1 aromatic heterocycles. The Hall–Kier alpha value is -0.480. The Morgan fingerprint density at radius 3 is 2.75 bits per heavy atom. The van der Waals surface area contributed by atoms with Crippen LogP contribution in [-0.4, -0.2) is 16.1 Å². The summed E-state index contributed by atoms with van der Waals surface area (Å²) < 4.78 is 4.13. The fourth-order valence-corrected chi connectivity index (χ4v) is 2.96. The van der Waals surface area contributed by atoms with Gasteiger partial charge in [-0.1, -0.05) is 38.1 Å². The Kier molecular flexibility index (Phi) is 3.92. The Balaban J connectivity index is 2.12. The summed E-state index contributed by atoms with van der Waals surface area (Å²) >= 11 is 1.57. The maximum absolute atomic E-state index is 4.28. The van der Waals surface area contributed by atoms with Crippen molar-refractivity contribution in [2.75, 3.05) is 6.54 Å². The molecule has 1 N–H and O–H groups in total. The first kappa shape index (κ1) is 12.0. The summed E-state index contributed by atoms with van der Waals surface area (Å²) in [5, 5.41) is 7.86. The van der Waals surface area contributed by atoms with Gasteiger partial charge < -0.3 is 5.32 Å². The van der Waals surface area contributed by atoms with Crippen molar-refractivity contribution in [3.05, 3.63) is 10.6 Å². The molecule has 90 valence electrons. The largest absolute Gasteiger partial charge is 0.309 e. The molecule has 0 bridgehead atoms. The van der Waals surface area contributed by atoms with Crippen LogP contribution in [0.2, 0.25) is 0 Å². The van der Waals surface area contributed by atoms with Crippen LogP contribution in [0, 0.1) is 5.92 Å². The van der Waals surface area contributed by atoms with Crippen LogP contribution in [0.15, 0.2) is 0 Å². The molecule has 0 saturated heterocycles. The second-order valence-corrected chi connectivity index (χ2v) is 5.75. The predicted molar refractivity (Wildman–Crippen MR) is 67.8 cm³/mol. The van der Waals surface area contributed by atoms with Gasteiger partial charge in [-0.05, 0) is 36.3 Å². The van der Waals surface area contributed by atoms with E-state index in [0.29, 0.717) is 12.0 Å². The lowest BCUT2D eigenvalue weighted by Gasteiger charge is -2.17. The third-order valence-electron chi connectivity index (χ3n) is 3.12. The van der Waals surface area contributed by atoms with E-state index in [2.05, 4.69) is 35.7 Å². The molecule has 1 unspecified atom stereocenters. The molecule has 16 heavy (non-hydrogen) atoms. The Labute approximate surface area is 102 Å². The van der Waals surface area contributed by atoms with E-state index in [4.69, 9.17) is 0 Å². The van der Waals surface area contributed by atoms with E-state index < -0.39 is 0 Å². The van der Waals surface area contributed by atoms with Gasteiger partial charge in [0.2, 0.25) is 0 Å². The van der Waals surface area contributed by atoms with Gasteiger partial charge in [-0.2, -0.15) is 0 Å². The first-order valence-electron chi connectivity index (χ1n) is 6.27. The molecule has 0 radical (unpaired) electrons. The molecule has 1 fully saturated rings. The third-order valence-corrected chi connectivity index (χ3v) is 3.97. The lowest BCUT2D eigenvalue weighted by molar-refractivity contribution is 0.488. The number of nitrogens with one attached hydrogen (secondary N) is 1. The molecule has 4 heteroatoms. The monoisotopic (exact) mass is 239 g/mol. The van der Waals surface area contributed by atoms with E-state index in [1.165, 1.54) is 29.8 Å². The molecule has 0 aromatic carbocycles. The quantitative estimate of drug-likeness (QED) is 0.829. The van der Waals surface area contributed by atoms with Crippen molar-refractivity contribution < 1.29 is 0 Å². The summed E-state index contributed by atoms with van der Waals surface area (Å²) in [5.74, 6) is 1.42.